The van der Waals surface area contributed by atoms with Crippen LogP contribution < -0.4 is 15.6 Å². The van der Waals surface area contributed by atoms with E-state index >= 15 is 0 Å². The molecule has 12 heteroatoms. The predicted molar refractivity (Wildman–Crippen MR) is 116 cm³/mol. The van der Waals surface area contributed by atoms with Crippen molar-refractivity contribution in [3.8, 4) is 5.69 Å². The summed E-state index contributed by atoms with van der Waals surface area (Å²) in [6.07, 6.45) is -3.46. The zero-order chi connectivity index (χ0) is 25.5. The Balaban J connectivity index is 1.93. The van der Waals surface area contributed by atoms with Gasteiger partial charge in [-0.25, -0.2) is 13.8 Å². The number of anilines is 1. The zero-order valence-electron chi connectivity index (χ0n) is 18.3. The molecule has 0 unspecified atom stereocenters. The van der Waals surface area contributed by atoms with Gasteiger partial charge in [-0.2, -0.15) is 13.2 Å². The van der Waals surface area contributed by atoms with E-state index in [1.165, 1.54) is 24.0 Å². The summed E-state index contributed by atoms with van der Waals surface area (Å²) in [6, 6.07) is 2.97. The second-order valence-corrected chi connectivity index (χ2v) is 8.00. The van der Waals surface area contributed by atoms with Crippen LogP contribution in [0, 0.1) is 11.6 Å². The summed E-state index contributed by atoms with van der Waals surface area (Å²) in [6.45, 7) is 1.60. The summed E-state index contributed by atoms with van der Waals surface area (Å²) in [4.78, 5) is 43.6. The van der Waals surface area contributed by atoms with Crippen LogP contribution in [0.25, 0.3) is 16.7 Å². The zero-order valence-corrected chi connectivity index (χ0v) is 18.3. The summed E-state index contributed by atoms with van der Waals surface area (Å²) >= 11 is 0. The minimum absolute atomic E-state index is 0.155. The number of carbonyl (C=O) groups is 2. The molecular formula is C23H19F5N4O3. The van der Waals surface area contributed by atoms with Gasteiger partial charge in [0.05, 0.1) is 11.1 Å². The van der Waals surface area contributed by atoms with E-state index in [0.29, 0.717) is 25.5 Å². The Labute approximate surface area is 195 Å². The number of hydrogen-bond donors (Lipinski definition) is 1. The number of amides is 2. The molecule has 0 saturated carbocycles. The molecule has 4 rings (SSSR count). The van der Waals surface area contributed by atoms with Crippen molar-refractivity contribution in [2.75, 3.05) is 11.4 Å². The topological polar surface area (TPSA) is 84.3 Å². The monoisotopic (exact) mass is 494 g/mol. The fourth-order valence-corrected chi connectivity index (χ4v) is 3.91. The molecule has 0 radical (unpaired) electrons. The molecule has 0 aliphatic carbocycles. The average Bonchev–Trinajstić information content (AvgIpc) is 3.23. The number of benzene rings is 1. The van der Waals surface area contributed by atoms with E-state index < -0.39 is 47.2 Å². The Kier molecular flexibility index (Phi) is 6.30. The number of halogens is 5. The SMILES string of the molecule is CC[C@@H](NC(=O)c1cn(-c2ccc(F)cc2F)c2nc(N3CCCC3=O)ccc2c1=O)C(F)(F)F. The summed E-state index contributed by atoms with van der Waals surface area (Å²) < 4.78 is 68.8. The Bertz CT molecular complexity index is 1390. The molecule has 1 aliphatic rings. The van der Waals surface area contributed by atoms with E-state index in [4.69, 9.17) is 0 Å². The van der Waals surface area contributed by atoms with Crippen LogP contribution in [-0.4, -0.2) is 40.1 Å². The lowest BCUT2D eigenvalue weighted by Crippen LogP contribution is -2.46. The highest BCUT2D eigenvalue weighted by Gasteiger charge is 2.39. The first-order chi connectivity index (χ1) is 16.5. The van der Waals surface area contributed by atoms with E-state index in [9.17, 15) is 36.3 Å². The van der Waals surface area contributed by atoms with Crippen LogP contribution >= 0.6 is 0 Å². The molecule has 3 aromatic rings. The van der Waals surface area contributed by atoms with E-state index in [1.807, 2.05) is 0 Å². The smallest absolute Gasteiger partial charge is 0.340 e. The van der Waals surface area contributed by atoms with E-state index in [1.54, 1.807) is 5.32 Å². The third-order valence-electron chi connectivity index (χ3n) is 5.71. The van der Waals surface area contributed by atoms with Crippen molar-refractivity contribution in [3.05, 3.63) is 63.9 Å². The quantitative estimate of drug-likeness (QED) is 0.546. The third-order valence-corrected chi connectivity index (χ3v) is 5.71. The van der Waals surface area contributed by atoms with E-state index in [2.05, 4.69) is 4.98 Å². The molecule has 2 amide bonds. The molecule has 1 aromatic carbocycles. The molecule has 35 heavy (non-hydrogen) atoms. The molecule has 1 atom stereocenters. The first-order valence-electron chi connectivity index (χ1n) is 10.7. The third kappa shape index (κ3) is 4.60. The van der Waals surface area contributed by atoms with Gasteiger partial charge in [-0.3, -0.25) is 23.9 Å². The first-order valence-corrected chi connectivity index (χ1v) is 10.7. The molecule has 1 aliphatic heterocycles. The van der Waals surface area contributed by atoms with Crippen LogP contribution in [0.5, 0.6) is 0 Å². The fraction of sp³-hybridized carbons (Fsp3) is 0.304. The Morgan fingerprint density at radius 3 is 2.51 bits per heavy atom. The Morgan fingerprint density at radius 2 is 1.91 bits per heavy atom. The van der Waals surface area contributed by atoms with Crippen LogP contribution in [0.15, 0.2) is 41.3 Å². The van der Waals surface area contributed by atoms with E-state index in [-0.39, 0.29) is 28.4 Å². The molecule has 2 aromatic heterocycles. The number of aromatic nitrogens is 2. The number of nitrogens with zero attached hydrogens (tertiary/aromatic N) is 3. The van der Waals surface area contributed by atoms with Crippen molar-refractivity contribution in [2.45, 2.75) is 38.4 Å². The van der Waals surface area contributed by atoms with Crippen molar-refractivity contribution in [2.24, 2.45) is 0 Å². The largest absolute Gasteiger partial charge is 0.408 e. The number of nitrogens with one attached hydrogen (secondary N) is 1. The molecular weight excluding hydrogens is 475 g/mol. The second-order valence-electron chi connectivity index (χ2n) is 8.00. The van der Waals surface area contributed by atoms with Crippen LogP contribution in [0.4, 0.5) is 27.8 Å². The van der Waals surface area contributed by atoms with Crippen LogP contribution in [0.1, 0.15) is 36.5 Å². The minimum Gasteiger partial charge on any atom is -0.340 e. The number of carbonyl (C=O) groups excluding carboxylic acids is 2. The lowest BCUT2D eigenvalue weighted by Gasteiger charge is -2.21. The van der Waals surface area contributed by atoms with Gasteiger partial charge in [0.25, 0.3) is 5.91 Å². The van der Waals surface area contributed by atoms with Gasteiger partial charge in [-0.1, -0.05) is 6.92 Å². The Morgan fingerprint density at radius 1 is 1.17 bits per heavy atom. The molecule has 7 nitrogen and oxygen atoms in total. The fourth-order valence-electron chi connectivity index (χ4n) is 3.91. The van der Waals surface area contributed by atoms with Gasteiger partial charge in [0.2, 0.25) is 11.3 Å². The number of rotatable bonds is 5. The van der Waals surface area contributed by atoms with Gasteiger partial charge in [0.1, 0.15) is 29.1 Å². The van der Waals surface area contributed by atoms with Crippen LogP contribution in [0.2, 0.25) is 0 Å². The van der Waals surface area contributed by atoms with E-state index in [0.717, 1.165) is 22.9 Å². The Hall–Kier alpha value is -3.83. The average molecular weight is 494 g/mol. The van der Waals surface area contributed by atoms with Gasteiger partial charge in [0, 0.05) is 25.2 Å². The van der Waals surface area contributed by atoms with Crippen molar-refractivity contribution in [1.82, 2.24) is 14.9 Å². The van der Waals surface area contributed by atoms with Crippen molar-refractivity contribution in [3.63, 3.8) is 0 Å². The van der Waals surface area contributed by atoms with Crippen LogP contribution in [-0.2, 0) is 4.79 Å². The second kappa shape index (κ2) is 9.08. The van der Waals surface area contributed by atoms with Gasteiger partial charge < -0.3 is 5.32 Å². The molecule has 3 heterocycles. The molecule has 0 spiro atoms. The summed E-state index contributed by atoms with van der Waals surface area (Å²) in [5, 5.41) is 1.59. The highest BCUT2D eigenvalue weighted by molar-refractivity contribution is 5.98. The predicted octanol–water partition coefficient (Wildman–Crippen LogP) is 3.86. The lowest BCUT2D eigenvalue weighted by atomic mass is 10.1. The maximum Gasteiger partial charge on any atom is 0.408 e. The highest BCUT2D eigenvalue weighted by Crippen LogP contribution is 2.26. The van der Waals surface area contributed by atoms with Gasteiger partial charge >= 0.3 is 6.18 Å². The normalized spacial score (nSPS) is 15.0. The lowest BCUT2D eigenvalue weighted by molar-refractivity contribution is -0.153. The molecule has 1 saturated heterocycles. The summed E-state index contributed by atoms with van der Waals surface area (Å²) in [5.41, 5.74) is -2.07. The maximum absolute atomic E-state index is 14.7. The number of fused-ring (bicyclic) bond motifs is 1. The van der Waals surface area contributed by atoms with Gasteiger partial charge in [0.15, 0.2) is 5.65 Å². The highest BCUT2D eigenvalue weighted by atomic mass is 19.4. The van der Waals surface area contributed by atoms with Crippen LogP contribution in [0.3, 0.4) is 0 Å². The van der Waals surface area contributed by atoms with Gasteiger partial charge in [-0.15, -0.1) is 0 Å². The standard InChI is InChI=1S/C23H19F5N4O3/c1-2-17(23(26,27)28)29-22(35)14-11-32(16-7-5-12(24)10-15(16)25)21-13(20(14)34)6-8-18(30-21)31-9-3-4-19(31)33/h5-8,10-11,17H,2-4,9H2,1H3,(H,29,35)/t17-/m1/s1. The van der Waals surface area contributed by atoms with Crippen molar-refractivity contribution >= 4 is 28.7 Å². The minimum atomic E-state index is -4.75. The van der Waals surface area contributed by atoms with Gasteiger partial charge in [-0.05, 0) is 37.1 Å². The molecule has 1 fully saturated rings. The maximum atomic E-state index is 14.7. The number of pyridine rings is 2. The van der Waals surface area contributed by atoms with Crippen molar-refractivity contribution < 1.29 is 31.5 Å². The molecule has 184 valence electrons. The number of alkyl halides is 3. The summed E-state index contributed by atoms with van der Waals surface area (Å²) in [7, 11) is 0. The molecule has 1 N–H and O–H groups in total. The molecule has 0 bridgehead atoms. The van der Waals surface area contributed by atoms with Crippen molar-refractivity contribution in [1.29, 1.82) is 0 Å². The number of hydrogen-bond acceptors (Lipinski definition) is 4. The summed E-state index contributed by atoms with van der Waals surface area (Å²) in [5.74, 6) is -3.28. The first kappa shape index (κ1) is 24.3.